The van der Waals surface area contributed by atoms with Crippen LogP contribution in [0.25, 0.3) is 21.3 Å². The van der Waals surface area contributed by atoms with Gasteiger partial charge in [-0.1, -0.05) is 17.7 Å². The summed E-state index contributed by atoms with van der Waals surface area (Å²) < 4.78 is 7.54. The second-order valence-electron chi connectivity index (χ2n) is 9.51. The molecule has 0 spiro atoms. The van der Waals surface area contributed by atoms with E-state index in [-0.39, 0.29) is 24.6 Å². The number of amides is 3. The molecule has 0 bridgehead atoms. The summed E-state index contributed by atoms with van der Waals surface area (Å²) in [4.78, 5) is 34.3. The Hall–Kier alpha value is -2.94. The number of allylic oxidation sites excluding steroid dienone is 1. The minimum Gasteiger partial charge on any atom is -0.489 e. The summed E-state index contributed by atoms with van der Waals surface area (Å²) in [5, 5.41) is 4.04. The van der Waals surface area contributed by atoms with E-state index in [4.69, 9.17) is 16.3 Å². The molecule has 3 aliphatic heterocycles. The van der Waals surface area contributed by atoms with Crippen LogP contribution in [0.15, 0.2) is 42.2 Å². The van der Waals surface area contributed by atoms with Crippen molar-refractivity contribution in [1.29, 1.82) is 0 Å². The van der Waals surface area contributed by atoms with Crippen molar-refractivity contribution in [2.24, 2.45) is 0 Å². The number of piperidine rings is 1. The normalized spacial score (nSPS) is 18.7. The molecular weight excluding hydrogens is 496 g/mol. The number of ether oxygens (including phenoxy) is 1. The molecule has 36 heavy (non-hydrogen) atoms. The molecule has 7 nitrogen and oxygen atoms in total. The molecule has 1 N–H and O–H groups in total. The van der Waals surface area contributed by atoms with Gasteiger partial charge in [-0.05, 0) is 75.5 Å². The highest BCUT2D eigenvalue weighted by molar-refractivity contribution is 7.19. The van der Waals surface area contributed by atoms with Crippen LogP contribution in [0.5, 0.6) is 5.75 Å². The summed E-state index contributed by atoms with van der Waals surface area (Å²) in [5.74, 6) is 0.635. The lowest BCUT2D eigenvalue weighted by molar-refractivity contribution is -0.123. The van der Waals surface area contributed by atoms with Crippen molar-refractivity contribution in [3.8, 4) is 16.9 Å². The van der Waals surface area contributed by atoms with Crippen LogP contribution in [0.2, 0.25) is 5.02 Å². The van der Waals surface area contributed by atoms with E-state index in [2.05, 4.69) is 10.3 Å². The van der Waals surface area contributed by atoms with Crippen LogP contribution in [-0.2, 0) is 11.3 Å². The summed E-state index contributed by atoms with van der Waals surface area (Å²) in [6, 6.07) is 7.62. The molecule has 3 amide bonds. The number of benzene rings is 1. The molecular formula is C27H27ClN4O3S. The Balaban J connectivity index is 1.36. The van der Waals surface area contributed by atoms with Crippen LogP contribution in [0.4, 0.5) is 4.79 Å². The molecule has 3 aliphatic rings. The fourth-order valence-corrected chi connectivity index (χ4v) is 6.63. The number of urea groups is 1. The molecule has 2 aromatic heterocycles. The predicted octanol–water partition coefficient (Wildman–Crippen LogP) is 5.50. The van der Waals surface area contributed by atoms with Gasteiger partial charge in [-0.2, -0.15) is 0 Å². The van der Waals surface area contributed by atoms with Gasteiger partial charge in [0.2, 0.25) is 0 Å². The molecule has 2 saturated heterocycles. The zero-order valence-electron chi connectivity index (χ0n) is 20.1. The van der Waals surface area contributed by atoms with Crippen molar-refractivity contribution in [1.82, 2.24) is 20.1 Å². The number of thiophene rings is 1. The van der Waals surface area contributed by atoms with Crippen LogP contribution >= 0.6 is 22.9 Å². The van der Waals surface area contributed by atoms with Gasteiger partial charge in [0.25, 0.3) is 5.91 Å². The summed E-state index contributed by atoms with van der Waals surface area (Å²) in [7, 11) is 0. The van der Waals surface area contributed by atoms with Gasteiger partial charge in [0.15, 0.2) is 0 Å². The number of pyridine rings is 1. The van der Waals surface area contributed by atoms with Gasteiger partial charge in [0.05, 0.1) is 16.8 Å². The first-order valence-corrected chi connectivity index (χ1v) is 13.6. The number of hydrogen-bond acceptors (Lipinski definition) is 6. The van der Waals surface area contributed by atoms with Crippen LogP contribution in [0.1, 0.15) is 36.1 Å². The first-order chi connectivity index (χ1) is 17.5. The average Bonchev–Trinajstić information content (AvgIpc) is 3.41. The third-order valence-electron chi connectivity index (χ3n) is 7.02. The summed E-state index contributed by atoms with van der Waals surface area (Å²) >= 11 is 8.06. The van der Waals surface area contributed by atoms with E-state index in [9.17, 15) is 9.59 Å². The molecule has 0 unspecified atom stereocenters. The monoisotopic (exact) mass is 522 g/mol. The largest absolute Gasteiger partial charge is 0.489 e. The van der Waals surface area contributed by atoms with E-state index < -0.39 is 0 Å². The number of aromatic nitrogens is 1. The first kappa shape index (κ1) is 23.5. The highest BCUT2D eigenvalue weighted by Crippen LogP contribution is 2.42. The zero-order chi connectivity index (χ0) is 24.8. The van der Waals surface area contributed by atoms with E-state index in [0.29, 0.717) is 17.3 Å². The quantitative estimate of drug-likeness (QED) is 0.448. The predicted molar refractivity (Wildman–Crippen MR) is 141 cm³/mol. The van der Waals surface area contributed by atoms with Gasteiger partial charge in [-0.25, -0.2) is 4.79 Å². The van der Waals surface area contributed by atoms with Crippen molar-refractivity contribution >= 4 is 45.1 Å². The van der Waals surface area contributed by atoms with Gasteiger partial charge < -0.3 is 10.1 Å². The lowest BCUT2D eigenvalue weighted by Gasteiger charge is -2.26. The zero-order valence-corrected chi connectivity index (χ0v) is 21.6. The minimum atomic E-state index is -0.236. The number of halogens is 1. The maximum absolute atomic E-state index is 12.9. The number of nitrogens with zero attached hydrogens (tertiary/aromatic N) is 3. The fourth-order valence-electron chi connectivity index (χ4n) is 5.23. The minimum absolute atomic E-state index is 0.154. The van der Waals surface area contributed by atoms with Crippen molar-refractivity contribution in [3.63, 3.8) is 0 Å². The molecule has 186 valence electrons. The maximum atomic E-state index is 12.9. The van der Waals surface area contributed by atoms with Crippen molar-refractivity contribution in [3.05, 3.63) is 57.7 Å². The number of nitrogens with one attached hydrogen (secondary N) is 1. The third kappa shape index (κ3) is 4.17. The highest BCUT2D eigenvalue weighted by Gasteiger charge is 2.41. The Kier molecular flexibility index (Phi) is 6.19. The van der Waals surface area contributed by atoms with E-state index in [1.54, 1.807) is 22.4 Å². The molecule has 0 radical (unpaired) electrons. The number of carbonyl (C=O) groups excluding carboxylic acids is 2. The van der Waals surface area contributed by atoms with E-state index in [0.717, 1.165) is 76.3 Å². The Morgan fingerprint density at radius 1 is 1.19 bits per heavy atom. The number of fused-ring (bicyclic) bond motifs is 2. The smallest absolute Gasteiger partial charge is 0.331 e. The topological polar surface area (TPSA) is 74.8 Å². The van der Waals surface area contributed by atoms with Crippen LogP contribution in [-0.4, -0.2) is 52.5 Å². The lowest BCUT2D eigenvalue weighted by Crippen LogP contribution is -2.34. The number of carbonyl (C=O) groups is 2. The van der Waals surface area contributed by atoms with Crippen LogP contribution in [0, 0.1) is 6.92 Å². The number of aryl methyl sites for hydroxylation is 1. The molecule has 5 heterocycles. The first-order valence-electron chi connectivity index (χ1n) is 12.4. The Morgan fingerprint density at radius 3 is 2.83 bits per heavy atom. The van der Waals surface area contributed by atoms with Crippen molar-refractivity contribution < 1.29 is 14.3 Å². The van der Waals surface area contributed by atoms with Gasteiger partial charge in [-0.15, -0.1) is 11.3 Å². The van der Waals surface area contributed by atoms with Crippen molar-refractivity contribution in [2.45, 2.75) is 45.3 Å². The van der Waals surface area contributed by atoms with Gasteiger partial charge in [0.1, 0.15) is 17.6 Å². The SMILES string of the molecule is Cc1cc(Cl)cc(-c2ccnc3cc(CN4C(=O)C5=CCCCN5C4=O)sc23)c1OC1CCNCC1. The lowest BCUT2D eigenvalue weighted by atomic mass is 10.0. The molecule has 6 rings (SSSR count). The Bertz CT molecular complexity index is 1400. The van der Waals surface area contributed by atoms with E-state index >= 15 is 0 Å². The molecule has 3 aromatic rings. The molecule has 0 saturated carbocycles. The number of rotatable bonds is 5. The number of imide groups is 1. The van der Waals surface area contributed by atoms with E-state index in [1.807, 2.05) is 37.3 Å². The second kappa shape index (κ2) is 9.50. The standard InChI is InChI=1S/C27H27ClN4O3S/c1-16-12-17(28)13-21(24(16)35-18-5-8-29-9-6-18)20-7-10-30-22-14-19(36-25(20)22)15-32-26(33)23-4-2-3-11-31(23)27(32)34/h4,7,10,12-14,18,29H,2-3,5-6,8-9,11,15H2,1H3. The van der Waals surface area contributed by atoms with Crippen molar-refractivity contribution in [2.75, 3.05) is 19.6 Å². The highest BCUT2D eigenvalue weighted by atomic mass is 35.5. The Labute approximate surface area is 218 Å². The third-order valence-corrected chi connectivity index (χ3v) is 8.38. The average molecular weight is 523 g/mol. The molecule has 0 aliphatic carbocycles. The molecule has 2 fully saturated rings. The molecule has 9 heteroatoms. The van der Waals surface area contributed by atoms with E-state index in [1.165, 1.54) is 4.90 Å². The summed E-state index contributed by atoms with van der Waals surface area (Å²) in [6.45, 7) is 4.75. The maximum Gasteiger partial charge on any atom is 0.331 e. The Morgan fingerprint density at radius 2 is 2.03 bits per heavy atom. The van der Waals surface area contributed by atoms with Gasteiger partial charge >= 0.3 is 6.03 Å². The summed E-state index contributed by atoms with van der Waals surface area (Å²) in [6.07, 6.45) is 7.45. The second-order valence-corrected chi connectivity index (χ2v) is 11.1. The number of hydrogen-bond donors (Lipinski definition) is 1. The van der Waals surface area contributed by atoms with Gasteiger partial charge in [0, 0.05) is 33.8 Å². The fraction of sp³-hybridized carbons (Fsp3) is 0.370. The van der Waals surface area contributed by atoms with Gasteiger partial charge in [-0.3, -0.25) is 19.6 Å². The molecule has 1 aromatic carbocycles. The van der Waals surface area contributed by atoms with Crippen LogP contribution in [0.3, 0.4) is 0 Å². The summed E-state index contributed by atoms with van der Waals surface area (Å²) in [5.41, 5.74) is 4.27. The van der Waals surface area contributed by atoms with Crippen LogP contribution < -0.4 is 10.1 Å². The molecule has 0 atom stereocenters.